The van der Waals surface area contributed by atoms with Crippen molar-refractivity contribution < 1.29 is 9.18 Å². The number of nitrogens with one attached hydrogen (secondary N) is 1. The highest BCUT2D eigenvalue weighted by Gasteiger charge is 2.26. The van der Waals surface area contributed by atoms with Gasteiger partial charge in [-0.05, 0) is 31.9 Å². The number of carbonyl (C=O) groups is 1. The zero-order chi connectivity index (χ0) is 14.0. The Labute approximate surface area is 111 Å². The Bertz CT molecular complexity index is 602. The first kappa shape index (κ1) is 13.5. The largest absolute Gasteiger partial charge is 0.345 e. The highest BCUT2D eigenvalue weighted by molar-refractivity contribution is 5.93. The van der Waals surface area contributed by atoms with Gasteiger partial charge in [0.2, 0.25) is 5.95 Å². The molecule has 0 saturated carbocycles. The molecule has 2 aromatic heterocycles. The van der Waals surface area contributed by atoms with Gasteiger partial charge in [-0.1, -0.05) is 19.9 Å². The average molecular weight is 263 g/mol. The molecule has 0 spiro atoms. The number of rotatable bonds is 4. The van der Waals surface area contributed by atoms with Crippen LogP contribution in [0.3, 0.4) is 0 Å². The molecule has 4 nitrogen and oxygen atoms in total. The lowest BCUT2D eigenvalue weighted by molar-refractivity contribution is 0.0891. The van der Waals surface area contributed by atoms with Gasteiger partial charge in [0.25, 0.3) is 5.91 Å². The molecule has 0 aliphatic carbocycles. The van der Waals surface area contributed by atoms with Crippen LogP contribution in [0.2, 0.25) is 0 Å². The summed E-state index contributed by atoms with van der Waals surface area (Å²) in [7, 11) is 0. The molecule has 19 heavy (non-hydrogen) atoms. The SMILES string of the molecule is CCC(C)(CC)NC(=O)c1nc2ccccn2c1F. The minimum atomic E-state index is -0.623. The van der Waals surface area contributed by atoms with Crippen LogP contribution >= 0.6 is 0 Å². The number of pyridine rings is 1. The summed E-state index contributed by atoms with van der Waals surface area (Å²) in [6.07, 6.45) is 3.11. The Morgan fingerprint density at radius 1 is 1.42 bits per heavy atom. The number of hydrogen-bond donors (Lipinski definition) is 1. The van der Waals surface area contributed by atoms with E-state index >= 15 is 0 Å². The molecule has 0 fully saturated rings. The fourth-order valence-electron chi connectivity index (χ4n) is 1.87. The monoisotopic (exact) mass is 263 g/mol. The lowest BCUT2D eigenvalue weighted by Crippen LogP contribution is -2.45. The maximum Gasteiger partial charge on any atom is 0.275 e. The molecule has 102 valence electrons. The Kier molecular flexibility index (Phi) is 3.55. The highest BCUT2D eigenvalue weighted by Crippen LogP contribution is 2.16. The lowest BCUT2D eigenvalue weighted by Gasteiger charge is -2.27. The third-order valence-corrected chi connectivity index (χ3v) is 3.66. The number of carbonyl (C=O) groups excluding carboxylic acids is 1. The Hall–Kier alpha value is -1.91. The molecular weight excluding hydrogens is 245 g/mol. The highest BCUT2D eigenvalue weighted by atomic mass is 19.1. The summed E-state index contributed by atoms with van der Waals surface area (Å²) in [6.45, 7) is 5.92. The first-order chi connectivity index (χ1) is 9.00. The topological polar surface area (TPSA) is 46.4 Å². The normalized spacial score (nSPS) is 11.8. The molecule has 2 rings (SSSR count). The molecule has 0 aromatic carbocycles. The van der Waals surface area contributed by atoms with Crippen LogP contribution in [0, 0.1) is 5.95 Å². The molecule has 2 aromatic rings. The molecule has 2 heterocycles. The molecule has 0 saturated heterocycles. The van der Waals surface area contributed by atoms with Crippen molar-refractivity contribution in [2.24, 2.45) is 0 Å². The predicted molar refractivity (Wildman–Crippen MR) is 71.6 cm³/mol. The summed E-state index contributed by atoms with van der Waals surface area (Å²) in [5.41, 5.74) is -0.0570. The molecule has 0 bridgehead atoms. The second kappa shape index (κ2) is 4.99. The van der Waals surface area contributed by atoms with Crippen molar-refractivity contribution in [1.82, 2.24) is 14.7 Å². The fourth-order valence-corrected chi connectivity index (χ4v) is 1.87. The lowest BCUT2D eigenvalue weighted by atomic mass is 9.95. The zero-order valence-corrected chi connectivity index (χ0v) is 11.4. The molecule has 0 unspecified atom stereocenters. The summed E-state index contributed by atoms with van der Waals surface area (Å²) >= 11 is 0. The van der Waals surface area contributed by atoms with Crippen molar-refractivity contribution in [1.29, 1.82) is 0 Å². The van der Waals surface area contributed by atoms with Gasteiger partial charge in [0.1, 0.15) is 5.65 Å². The van der Waals surface area contributed by atoms with E-state index in [1.54, 1.807) is 24.4 Å². The Morgan fingerprint density at radius 2 is 2.11 bits per heavy atom. The standard InChI is InChI=1S/C14H18FN3O/c1-4-14(3,5-2)17-13(19)11-12(15)18-9-7-6-8-10(18)16-11/h6-9H,4-5H2,1-3H3,(H,17,19). The third kappa shape index (κ3) is 2.45. The molecule has 1 amide bonds. The van der Waals surface area contributed by atoms with Crippen molar-refractivity contribution in [2.45, 2.75) is 39.2 Å². The maximum atomic E-state index is 14.1. The summed E-state index contributed by atoms with van der Waals surface area (Å²) in [5.74, 6) is -1.09. The van der Waals surface area contributed by atoms with Crippen molar-refractivity contribution in [3.63, 3.8) is 0 Å². The number of imidazole rings is 1. The molecule has 0 radical (unpaired) electrons. The average Bonchev–Trinajstić information content (AvgIpc) is 2.76. The quantitative estimate of drug-likeness (QED) is 0.922. The van der Waals surface area contributed by atoms with Gasteiger partial charge >= 0.3 is 0 Å². The summed E-state index contributed by atoms with van der Waals surface area (Å²) < 4.78 is 15.4. The van der Waals surface area contributed by atoms with Crippen LogP contribution in [-0.4, -0.2) is 20.8 Å². The van der Waals surface area contributed by atoms with Gasteiger partial charge in [0.05, 0.1) is 0 Å². The van der Waals surface area contributed by atoms with E-state index in [4.69, 9.17) is 0 Å². The van der Waals surface area contributed by atoms with E-state index in [0.717, 1.165) is 12.8 Å². The minimum Gasteiger partial charge on any atom is -0.345 e. The Morgan fingerprint density at radius 3 is 2.68 bits per heavy atom. The van der Waals surface area contributed by atoms with Crippen molar-refractivity contribution in [3.05, 3.63) is 36.0 Å². The molecule has 0 atom stereocenters. The van der Waals surface area contributed by atoms with Gasteiger partial charge in [0.15, 0.2) is 5.69 Å². The smallest absolute Gasteiger partial charge is 0.275 e. The van der Waals surface area contributed by atoms with E-state index in [9.17, 15) is 9.18 Å². The van der Waals surface area contributed by atoms with Crippen LogP contribution in [-0.2, 0) is 0 Å². The maximum absolute atomic E-state index is 14.1. The molecule has 1 N–H and O–H groups in total. The minimum absolute atomic E-state index is 0.153. The predicted octanol–water partition coefficient (Wildman–Crippen LogP) is 2.78. The van der Waals surface area contributed by atoms with Gasteiger partial charge in [0, 0.05) is 11.7 Å². The number of amides is 1. The third-order valence-electron chi connectivity index (χ3n) is 3.66. The second-order valence-corrected chi connectivity index (χ2v) is 4.90. The van der Waals surface area contributed by atoms with Crippen molar-refractivity contribution in [3.8, 4) is 0 Å². The molecular formula is C14H18FN3O. The first-order valence-electron chi connectivity index (χ1n) is 6.46. The van der Waals surface area contributed by atoms with Crippen LogP contribution in [0.5, 0.6) is 0 Å². The van der Waals surface area contributed by atoms with Crippen LogP contribution in [0.4, 0.5) is 4.39 Å². The second-order valence-electron chi connectivity index (χ2n) is 4.90. The summed E-state index contributed by atoms with van der Waals surface area (Å²) in [6, 6.07) is 5.12. The number of aromatic nitrogens is 2. The van der Waals surface area contributed by atoms with Gasteiger partial charge in [-0.15, -0.1) is 0 Å². The van der Waals surface area contributed by atoms with Gasteiger partial charge in [-0.2, -0.15) is 4.39 Å². The van der Waals surface area contributed by atoms with Gasteiger partial charge in [-0.25, -0.2) is 4.98 Å². The summed E-state index contributed by atoms with van der Waals surface area (Å²) in [5, 5.41) is 2.86. The summed E-state index contributed by atoms with van der Waals surface area (Å²) in [4.78, 5) is 16.2. The Balaban J connectivity index is 2.34. The van der Waals surface area contributed by atoms with E-state index in [1.807, 2.05) is 20.8 Å². The van der Waals surface area contributed by atoms with E-state index in [0.29, 0.717) is 5.65 Å². The molecule has 0 aliphatic rings. The van der Waals surface area contributed by atoms with Crippen LogP contribution in [0.25, 0.3) is 5.65 Å². The van der Waals surface area contributed by atoms with Gasteiger partial charge < -0.3 is 5.32 Å². The number of halogens is 1. The van der Waals surface area contributed by atoms with Crippen LogP contribution < -0.4 is 5.32 Å². The van der Waals surface area contributed by atoms with E-state index < -0.39 is 11.9 Å². The van der Waals surface area contributed by atoms with Gasteiger partial charge in [-0.3, -0.25) is 9.20 Å². The first-order valence-corrected chi connectivity index (χ1v) is 6.46. The van der Waals surface area contributed by atoms with Crippen molar-refractivity contribution in [2.75, 3.05) is 0 Å². The number of nitrogens with zero attached hydrogens (tertiary/aromatic N) is 2. The number of hydrogen-bond acceptors (Lipinski definition) is 2. The van der Waals surface area contributed by atoms with E-state index in [2.05, 4.69) is 10.3 Å². The van der Waals surface area contributed by atoms with Crippen LogP contribution in [0.15, 0.2) is 24.4 Å². The van der Waals surface area contributed by atoms with E-state index in [1.165, 1.54) is 4.40 Å². The molecule has 0 aliphatic heterocycles. The van der Waals surface area contributed by atoms with Crippen LogP contribution in [0.1, 0.15) is 44.1 Å². The molecule has 5 heteroatoms. The van der Waals surface area contributed by atoms with E-state index in [-0.39, 0.29) is 11.2 Å². The van der Waals surface area contributed by atoms with Crippen molar-refractivity contribution >= 4 is 11.6 Å². The zero-order valence-electron chi connectivity index (χ0n) is 11.4. The number of fused-ring (bicyclic) bond motifs is 1. The fraction of sp³-hybridized carbons (Fsp3) is 0.429.